The maximum atomic E-state index is 13.6. The third-order valence-electron chi connectivity index (χ3n) is 3.50. The van der Waals surface area contributed by atoms with Crippen LogP contribution in [0.5, 0.6) is 11.5 Å². The zero-order valence-corrected chi connectivity index (χ0v) is 15.5. The van der Waals surface area contributed by atoms with Gasteiger partial charge in [-0.15, -0.1) is 0 Å². The van der Waals surface area contributed by atoms with Crippen molar-refractivity contribution in [3.05, 3.63) is 78.0 Å². The van der Waals surface area contributed by atoms with Gasteiger partial charge in [-0.2, -0.15) is 0 Å². The highest BCUT2D eigenvalue weighted by molar-refractivity contribution is 7.98. The van der Waals surface area contributed by atoms with Crippen molar-refractivity contribution < 1.29 is 18.3 Å². The minimum atomic E-state index is -0.817. The molecule has 1 heterocycles. The molecule has 0 aliphatic rings. The van der Waals surface area contributed by atoms with Crippen LogP contribution in [0.15, 0.2) is 60.8 Å². The van der Waals surface area contributed by atoms with Crippen molar-refractivity contribution in [2.24, 2.45) is 0 Å². The molecule has 0 spiro atoms. The molecule has 28 heavy (non-hydrogen) atoms. The van der Waals surface area contributed by atoms with Gasteiger partial charge in [0.15, 0.2) is 11.6 Å². The van der Waals surface area contributed by atoms with Gasteiger partial charge in [-0.3, -0.25) is 4.79 Å². The van der Waals surface area contributed by atoms with Crippen molar-refractivity contribution in [3.8, 4) is 11.5 Å². The number of anilines is 2. The summed E-state index contributed by atoms with van der Waals surface area (Å²) in [6.07, 6.45) is 1.33. The maximum absolute atomic E-state index is 13.6. The second-order valence-electron chi connectivity index (χ2n) is 5.50. The van der Waals surface area contributed by atoms with Crippen LogP contribution in [0.1, 0.15) is 10.4 Å². The molecule has 0 unspecified atom stereocenters. The molecule has 3 rings (SSSR count). The van der Waals surface area contributed by atoms with Gasteiger partial charge < -0.3 is 14.8 Å². The van der Waals surface area contributed by atoms with Crippen LogP contribution in [-0.2, 0) is 0 Å². The van der Waals surface area contributed by atoms with Crippen molar-refractivity contribution in [2.75, 3.05) is 17.1 Å². The summed E-state index contributed by atoms with van der Waals surface area (Å²) in [7, 11) is 1.78. The Kier molecular flexibility index (Phi) is 6.41. The summed E-state index contributed by atoms with van der Waals surface area (Å²) in [6.45, 7) is 0. The van der Waals surface area contributed by atoms with Gasteiger partial charge in [-0.1, -0.05) is 6.07 Å². The van der Waals surface area contributed by atoms with Crippen molar-refractivity contribution in [1.82, 2.24) is 9.71 Å². The quantitative estimate of drug-likeness (QED) is 0.502. The van der Waals surface area contributed by atoms with Crippen LogP contribution < -0.4 is 19.5 Å². The molecule has 0 aliphatic carbocycles. The molecule has 3 aromatic rings. The van der Waals surface area contributed by atoms with E-state index in [2.05, 4.69) is 19.7 Å². The van der Waals surface area contributed by atoms with E-state index in [-0.39, 0.29) is 17.4 Å². The largest absolute Gasteiger partial charge is 0.453 e. The van der Waals surface area contributed by atoms with E-state index in [1.165, 1.54) is 36.5 Å². The molecule has 0 radical (unpaired) electrons. The second-order valence-corrected chi connectivity index (χ2v) is 6.32. The fraction of sp³-hybridized carbons (Fsp3) is 0.0526. The Morgan fingerprint density at radius 1 is 1.11 bits per heavy atom. The van der Waals surface area contributed by atoms with Crippen LogP contribution in [0.4, 0.5) is 20.3 Å². The number of pyridine rings is 1. The molecule has 0 fully saturated rings. The smallest absolute Gasteiger partial charge is 0.256 e. The second kappa shape index (κ2) is 9.16. The van der Waals surface area contributed by atoms with E-state index < -0.39 is 11.6 Å². The highest BCUT2D eigenvalue weighted by Crippen LogP contribution is 2.25. The lowest BCUT2D eigenvalue weighted by atomic mass is 10.2. The number of carbonyl (C=O) groups is 1. The molecule has 3 N–H and O–H groups in total. The van der Waals surface area contributed by atoms with Crippen LogP contribution in [0.2, 0.25) is 0 Å². The van der Waals surface area contributed by atoms with Crippen LogP contribution in [0.3, 0.4) is 0 Å². The minimum Gasteiger partial charge on any atom is -0.453 e. The fourth-order valence-electron chi connectivity index (χ4n) is 2.22. The molecule has 0 bridgehead atoms. The molecular formula is C19H16F2N4O2S. The summed E-state index contributed by atoms with van der Waals surface area (Å²) in [5.41, 5.74) is 1.22. The Bertz CT molecular complexity index is 970. The predicted octanol–water partition coefficient (Wildman–Crippen LogP) is 4.60. The molecule has 6 nitrogen and oxygen atoms in total. The van der Waals surface area contributed by atoms with E-state index in [0.717, 1.165) is 17.8 Å². The van der Waals surface area contributed by atoms with E-state index in [1.807, 2.05) is 6.07 Å². The molecule has 1 aromatic heterocycles. The SMILES string of the molecule is CNSNc1cccc(C(=O)Nc2ccc(Oc3ccc(F)cc3F)cn2)c1. The molecule has 9 heteroatoms. The lowest BCUT2D eigenvalue weighted by molar-refractivity contribution is 0.102. The van der Waals surface area contributed by atoms with Gasteiger partial charge in [0.25, 0.3) is 5.91 Å². The number of carbonyl (C=O) groups excluding carboxylic acids is 1. The van der Waals surface area contributed by atoms with Crippen LogP contribution in [0, 0.1) is 11.6 Å². The Labute approximate surface area is 164 Å². The summed E-state index contributed by atoms with van der Waals surface area (Å²) in [5, 5.41) is 2.67. The van der Waals surface area contributed by atoms with Crippen LogP contribution >= 0.6 is 12.1 Å². The van der Waals surface area contributed by atoms with E-state index >= 15 is 0 Å². The van der Waals surface area contributed by atoms with Crippen molar-refractivity contribution in [3.63, 3.8) is 0 Å². The molecular weight excluding hydrogens is 386 g/mol. The first kappa shape index (κ1) is 19.6. The van der Waals surface area contributed by atoms with Crippen LogP contribution in [-0.4, -0.2) is 17.9 Å². The average Bonchev–Trinajstić information content (AvgIpc) is 2.70. The number of amides is 1. The maximum Gasteiger partial charge on any atom is 0.256 e. The van der Waals surface area contributed by atoms with Gasteiger partial charge in [0, 0.05) is 29.5 Å². The van der Waals surface area contributed by atoms with Gasteiger partial charge in [0.2, 0.25) is 0 Å². The first-order valence-corrected chi connectivity index (χ1v) is 8.96. The number of hydrogen-bond acceptors (Lipinski definition) is 6. The number of ether oxygens (including phenoxy) is 1. The number of rotatable bonds is 7. The number of nitrogens with one attached hydrogen (secondary N) is 3. The number of halogens is 2. The number of nitrogens with zero attached hydrogens (tertiary/aromatic N) is 1. The van der Waals surface area contributed by atoms with E-state index in [9.17, 15) is 13.6 Å². The van der Waals surface area contributed by atoms with E-state index in [4.69, 9.17) is 4.74 Å². The number of aromatic nitrogens is 1. The highest BCUT2D eigenvalue weighted by atomic mass is 32.2. The summed E-state index contributed by atoms with van der Waals surface area (Å²) < 4.78 is 37.8. The predicted molar refractivity (Wildman–Crippen MR) is 105 cm³/mol. The Hall–Kier alpha value is -3.17. The average molecular weight is 402 g/mol. The normalized spacial score (nSPS) is 10.4. The highest BCUT2D eigenvalue weighted by Gasteiger charge is 2.09. The summed E-state index contributed by atoms with van der Waals surface area (Å²) in [5.74, 6) is -1.40. The van der Waals surface area contributed by atoms with Crippen molar-refractivity contribution in [1.29, 1.82) is 0 Å². The van der Waals surface area contributed by atoms with Gasteiger partial charge in [-0.05, 0) is 49.5 Å². The fourth-order valence-corrected chi connectivity index (χ4v) is 2.57. The monoisotopic (exact) mass is 402 g/mol. The first-order valence-electron chi connectivity index (χ1n) is 8.14. The molecule has 0 atom stereocenters. The topological polar surface area (TPSA) is 75.3 Å². The van der Waals surface area contributed by atoms with Gasteiger partial charge in [-0.25, -0.2) is 18.5 Å². The summed E-state index contributed by atoms with van der Waals surface area (Å²) >= 11 is 1.28. The third-order valence-corrected chi connectivity index (χ3v) is 4.04. The third kappa shape index (κ3) is 5.18. The lowest BCUT2D eigenvalue weighted by Gasteiger charge is -2.09. The Morgan fingerprint density at radius 3 is 2.68 bits per heavy atom. The van der Waals surface area contributed by atoms with Crippen molar-refractivity contribution >= 4 is 29.5 Å². The molecule has 0 saturated heterocycles. The van der Waals surface area contributed by atoms with Crippen LogP contribution in [0.25, 0.3) is 0 Å². The van der Waals surface area contributed by atoms with Gasteiger partial charge >= 0.3 is 0 Å². The molecule has 0 aliphatic heterocycles. The van der Waals surface area contributed by atoms with E-state index in [1.54, 1.807) is 25.2 Å². The minimum absolute atomic E-state index is 0.122. The van der Waals surface area contributed by atoms with Gasteiger partial charge in [0.1, 0.15) is 17.4 Å². The standard InChI is InChI=1S/C19H16F2N4O2S/c1-22-28-25-14-4-2-3-12(9-14)19(26)24-18-8-6-15(11-23-18)27-17-7-5-13(20)10-16(17)21/h2-11,22,25H,1H3,(H,23,24,26). The molecule has 144 valence electrons. The zero-order valence-electron chi connectivity index (χ0n) is 14.7. The van der Waals surface area contributed by atoms with Gasteiger partial charge in [0.05, 0.1) is 6.20 Å². The zero-order chi connectivity index (χ0) is 19.9. The molecule has 1 amide bonds. The lowest BCUT2D eigenvalue weighted by Crippen LogP contribution is -2.13. The number of hydrogen-bond donors (Lipinski definition) is 3. The Balaban J connectivity index is 1.64. The first-order chi connectivity index (χ1) is 13.5. The van der Waals surface area contributed by atoms with Crippen molar-refractivity contribution in [2.45, 2.75) is 0 Å². The molecule has 0 saturated carbocycles. The van der Waals surface area contributed by atoms with E-state index in [0.29, 0.717) is 11.4 Å². The Morgan fingerprint density at radius 2 is 1.96 bits per heavy atom. The number of benzene rings is 2. The molecule has 2 aromatic carbocycles. The summed E-state index contributed by atoms with van der Waals surface area (Å²) in [4.78, 5) is 16.5. The summed E-state index contributed by atoms with van der Waals surface area (Å²) in [6, 6.07) is 13.0.